The summed E-state index contributed by atoms with van der Waals surface area (Å²) in [4.78, 5) is 0. The molecular formula is C11H12FN3O. The molecule has 0 spiro atoms. The molecule has 84 valence electrons. The van der Waals surface area contributed by atoms with Crippen LogP contribution in [-0.4, -0.2) is 15.3 Å². The average Bonchev–Trinajstić information content (AvgIpc) is 2.76. The Morgan fingerprint density at radius 2 is 2.19 bits per heavy atom. The molecule has 1 aromatic heterocycles. The number of nitrogens with one attached hydrogen (secondary N) is 2. The maximum Gasteiger partial charge on any atom is 0.123 e. The van der Waals surface area contributed by atoms with Gasteiger partial charge in [0, 0.05) is 30.5 Å². The summed E-state index contributed by atoms with van der Waals surface area (Å²) >= 11 is 0. The second kappa shape index (κ2) is 4.76. The molecule has 2 rings (SSSR count). The van der Waals surface area contributed by atoms with Gasteiger partial charge in [0.15, 0.2) is 0 Å². The summed E-state index contributed by atoms with van der Waals surface area (Å²) in [6.07, 6.45) is 1.66. The Morgan fingerprint density at radius 3 is 2.94 bits per heavy atom. The number of hydrogen-bond donors (Lipinski definition) is 3. The molecule has 0 saturated carbocycles. The van der Waals surface area contributed by atoms with E-state index in [4.69, 9.17) is 0 Å². The number of rotatable bonds is 4. The fourth-order valence-corrected chi connectivity index (χ4v) is 1.41. The van der Waals surface area contributed by atoms with Gasteiger partial charge in [-0.2, -0.15) is 5.10 Å². The van der Waals surface area contributed by atoms with Gasteiger partial charge in [-0.25, -0.2) is 4.39 Å². The van der Waals surface area contributed by atoms with Crippen molar-refractivity contribution in [3.8, 4) is 5.75 Å². The Hall–Kier alpha value is -1.88. The standard InChI is InChI=1S/C11H12FN3O/c12-9-1-2-11(16)8(5-9)6-13-7-10-3-4-14-15-10/h1-5,13,16H,6-7H2,(H,14,15). The van der Waals surface area contributed by atoms with Crippen LogP contribution < -0.4 is 5.32 Å². The van der Waals surface area contributed by atoms with Gasteiger partial charge < -0.3 is 10.4 Å². The number of phenols is 1. The van der Waals surface area contributed by atoms with Crippen LogP contribution in [0.25, 0.3) is 0 Å². The number of benzene rings is 1. The molecule has 0 saturated heterocycles. The highest BCUT2D eigenvalue weighted by molar-refractivity contribution is 5.32. The molecule has 1 heterocycles. The zero-order valence-corrected chi connectivity index (χ0v) is 8.57. The van der Waals surface area contributed by atoms with Crippen LogP contribution in [0.1, 0.15) is 11.3 Å². The summed E-state index contributed by atoms with van der Waals surface area (Å²) in [6, 6.07) is 5.74. The first-order valence-electron chi connectivity index (χ1n) is 4.92. The molecule has 0 atom stereocenters. The lowest BCUT2D eigenvalue weighted by molar-refractivity contribution is 0.461. The minimum absolute atomic E-state index is 0.0958. The molecule has 0 aliphatic heterocycles. The highest BCUT2D eigenvalue weighted by atomic mass is 19.1. The average molecular weight is 221 g/mol. The van der Waals surface area contributed by atoms with Gasteiger partial charge in [0.25, 0.3) is 0 Å². The van der Waals surface area contributed by atoms with Crippen LogP contribution in [0.4, 0.5) is 4.39 Å². The third kappa shape index (κ3) is 2.58. The fraction of sp³-hybridized carbons (Fsp3) is 0.182. The zero-order valence-electron chi connectivity index (χ0n) is 8.57. The monoisotopic (exact) mass is 221 g/mol. The number of aromatic hydroxyl groups is 1. The van der Waals surface area contributed by atoms with Gasteiger partial charge >= 0.3 is 0 Å². The topological polar surface area (TPSA) is 60.9 Å². The molecule has 0 fully saturated rings. The third-order valence-corrected chi connectivity index (χ3v) is 2.23. The van der Waals surface area contributed by atoms with E-state index in [1.807, 2.05) is 6.07 Å². The largest absolute Gasteiger partial charge is 0.508 e. The number of aromatic amines is 1. The first-order valence-corrected chi connectivity index (χ1v) is 4.92. The molecular weight excluding hydrogens is 209 g/mol. The van der Waals surface area contributed by atoms with E-state index >= 15 is 0 Å². The number of nitrogens with zero attached hydrogens (tertiary/aromatic N) is 1. The molecule has 0 aliphatic carbocycles. The van der Waals surface area contributed by atoms with E-state index in [0.29, 0.717) is 18.7 Å². The maximum absolute atomic E-state index is 12.9. The number of aromatic nitrogens is 2. The Bertz CT molecular complexity index is 456. The van der Waals surface area contributed by atoms with Gasteiger partial charge in [-0.05, 0) is 24.3 Å². The van der Waals surface area contributed by atoms with Gasteiger partial charge in [0.05, 0.1) is 0 Å². The van der Waals surface area contributed by atoms with Gasteiger partial charge in [0.1, 0.15) is 11.6 Å². The molecule has 0 amide bonds. The van der Waals surface area contributed by atoms with Gasteiger partial charge in [-0.1, -0.05) is 0 Å². The van der Waals surface area contributed by atoms with Crippen LogP contribution in [0.3, 0.4) is 0 Å². The van der Waals surface area contributed by atoms with E-state index in [-0.39, 0.29) is 11.6 Å². The predicted molar refractivity (Wildman–Crippen MR) is 57.2 cm³/mol. The first kappa shape index (κ1) is 10.6. The minimum atomic E-state index is -0.351. The predicted octanol–water partition coefficient (Wildman–Crippen LogP) is 1.54. The maximum atomic E-state index is 12.9. The van der Waals surface area contributed by atoms with Crippen molar-refractivity contribution in [3.05, 3.63) is 47.5 Å². The van der Waals surface area contributed by atoms with Crippen molar-refractivity contribution in [1.29, 1.82) is 0 Å². The summed E-state index contributed by atoms with van der Waals surface area (Å²) < 4.78 is 12.9. The second-order valence-corrected chi connectivity index (χ2v) is 3.46. The van der Waals surface area contributed by atoms with Gasteiger partial charge in [-0.15, -0.1) is 0 Å². The molecule has 1 aromatic carbocycles. The number of phenolic OH excluding ortho intramolecular Hbond substituents is 1. The molecule has 0 unspecified atom stereocenters. The van der Waals surface area contributed by atoms with Crippen molar-refractivity contribution in [1.82, 2.24) is 15.5 Å². The second-order valence-electron chi connectivity index (χ2n) is 3.46. The normalized spacial score (nSPS) is 10.6. The SMILES string of the molecule is Oc1ccc(F)cc1CNCc1ccn[nH]1. The van der Waals surface area contributed by atoms with E-state index in [2.05, 4.69) is 15.5 Å². The summed E-state index contributed by atoms with van der Waals surface area (Å²) in [5, 5.41) is 19.1. The Labute approximate surface area is 92.1 Å². The molecule has 0 radical (unpaired) electrons. The van der Waals surface area contributed by atoms with Crippen LogP contribution >= 0.6 is 0 Å². The van der Waals surface area contributed by atoms with Crippen molar-refractivity contribution in [2.45, 2.75) is 13.1 Å². The van der Waals surface area contributed by atoms with E-state index in [9.17, 15) is 9.50 Å². The van der Waals surface area contributed by atoms with Crippen LogP contribution in [0, 0.1) is 5.82 Å². The van der Waals surface area contributed by atoms with E-state index in [1.54, 1.807) is 6.20 Å². The van der Waals surface area contributed by atoms with Crippen molar-refractivity contribution in [3.63, 3.8) is 0 Å². The Kier molecular flexibility index (Phi) is 3.16. The number of hydrogen-bond acceptors (Lipinski definition) is 3. The minimum Gasteiger partial charge on any atom is -0.508 e. The van der Waals surface area contributed by atoms with Crippen LogP contribution in [0.15, 0.2) is 30.5 Å². The summed E-state index contributed by atoms with van der Waals surface area (Å²) in [7, 11) is 0. The van der Waals surface area contributed by atoms with Crippen LogP contribution in [0.2, 0.25) is 0 Å². The van der Waals surface area contributed by atoms with Crippen molar-refractivity contribution in [2.75, 3.05) is 0 Å². The molecule has 0 bridgehead atoms. The highest BCUT2D eigenvalue weighted by Crippen LogP contribution is 2.17. The van der Waals surface area contributed by atoms with Crippen molar-refractivity contribution >= 4 is 0 Å². The fourth-order valence-electron chi connectivity index (χ4n) is 1.41. The summed E-state index contributed by atoms with van der Waals surface area (Å²) in [6.45, 7) is 0.999. The molecule has 5 heteroatoms. The van der Waals surface area contributed by atoms with Crippen LogP contribution in [0.5, 0.6) is 5.75 Å². The smallest absolute Gasteiger partial charge is 0.123 e. The summed E-state index contributed by atoms with van der Waals surface area (Å²) in [5.41, 5.74) is 1.48. The van der Waals surface area contributed by atoms with E-state index in [1.165, 1.54) is 18.2 Å². The van der Waals surface area contributed by atoms with E-state index in [0.717, 1.165) is 5.69 Å². The van der Waals surface area contributed by atoms with Gasteiger partial charge in [-0.3, -0.25) is 5.10 Å². The lowest BCUT2D eigenvalue weighted by Crippen LogP contribution is -2.13. The Morgan fingerprint density at radius 1 is 1.31 bits per heavy atom. The molecule has 16 heavy (non-hydrogen) atoms. The molecule has 4 nitrogen and oxygen atoms in total. The molecule has 2 aromatic rings. The van der Waals surface area contributed by atoms with Gasteiger partial charge in [0.2, 0.25) is 0 Å². The number of H-pyrrole nitrogens is 1. The summed E-state index contributed by atoms with van der Waals surface area (Å²) in [5.74, 6) is -0.255. The molecule has 0 aliphatic rings. The quantitative estimate of drug-likeness (QED) is 0.734. The van der Waals surface area contributed by atoms with E-state index < -0.39 is 0 Å². The van der Waals surface area contributed by atoms with Crippen molar-refractivity contribution in [2.24, 2.45) is 0 Å². The Balaban J connectivity index is 1.92. The first-order chi connectivity index (χ1) is 7.75. The third-order valence-electron chi connectivity index (χ3n) is 2.23. The zero-order chi connectivity index (χ0) is 11.4. The highest BCUT2D eigenvalue weighted by Gasteiger charge is 2.02. The number of halogens is 1. The van der Waals surface area contributed by atoms with Crippen LogP contribution in [-0.2, 0) is 13.1 Å². The lowest BCUT2D eigenvalue weighted by atomic mass is 10.2. The molecule has 3 N–H and O–H groups in total. The van der Waals surface area contributed by atoms with Crippen molar-refractivity contribution < 1.29 is 9.50 Å². The lowest BCUT2D eigenvalue weighted by Gasteiger charge is -2.05.